The van der Waals surface area contributed by atoms with Crippen LogP contribution in [0.3, 0.4) is 0 Å². The second-order valence-electron chi connectivity index (χ2n) is 30.3. The monoisotopic (exact) mass is 1840 g/mol. The average Bonchev–Trinajstić information content (AvgIpc) is 0.783. The maximum Gasteiger partial charge on any atom is 0.252 e. The molecule has 25 nitrogen and oxygen atoms in total. The van der Waals surface area contributed by atoms with Gasteiger partial charge in [-0.25, -0.2) is 79.4 Å². The molecule has 132 heavy (non-hydrogen) atoms. The second kappa shape index (κ2) is 40.1. The van der Waals surface area contributed by atoms with Crippen molar-refractivity contribution in [3.8, 4) is 45.0 Å². The summed E-state index contributed by atoms with van der Waals surface area (Å²) in [6.45, 7) is 11.4. The number of benzene rings is 8. The fourth-order valence-corrected chi connectivity index (χ4v) is 16.1. The molecule has 0 amide bonds. The summed E-state index contributed by atoms with van der Waals surface area (Å²) < 4.78 is 165. The van der Waals surface area contributed by atoms with Gasteiger partial charge >= 0.3 is 0 Å². The minimum Gasteiger partial charge on any atom is -0.384 e. The van der Waals surface area contributed by atoms with Crippen molar-refractivity contribution in [1.29, 1.82) is 0 Å². The van der Waals surface area contributed by atoms with Crippen LogP contribution in [0.15, 0.2) is 214 Å². The summed E-state index contributed by atoms with van der Waals surface area (Å²) in [5.74, 6) is -9.75. The zero-order chi connectivity index (χ0) is 91.8. The zero-order valence-corrected chi connectivity index (χ0v) is 70.7. The van der Waals surface area contributed by atoms with Crippen LogP contribution in [0.4, 0.5) is 66.7 Å². The number of morpholine rings is 4. The molecule has 4 fully saturated rings. The van der Waals surface area contributed by atoms with E-state index < -0.39 is 98.2 Å². The van der Waals surface area contributed by atoms with Crippen molar-refractivity contribution in [2.45, 2.75) is 12.2 Å². The number of carbonyl (C=O) groups excluding carboxylic acids is 2. The number of aliphatic hydroxyl groups is 2. The van der Waals surface area contributed by atoms with Crippen molar-refractivity contribution in [3.63, 3.8) is 0 Å². The fraction of sp³-hybridized carbons (Fsp3) is 0.189. The Kier molecular flexibility index (Phi) is 27.2. The number of ether oxygens (including phenoxy) is 4. The van der Waals surface area contributed by atoms with E-state index in [4.69, 9.17) is 42.1 Å². The molecular formula is C95H71Cl2F10N17O8. The Morgan fingerprint density at radius 1 is 0.333 bits per heavy atom. The van der Waals surface area contributed by atoms with E-state index in [9.17, 15) is 63.7 Å². The summed E-state index contributed by atoms with van der Waals surface area (Å²) in [5, 5.41) is 29.9. The minimum absolute atomic E-state index is 0.0299. The highest BCUT2D eigenvalue weighted by Gasteiger charge is 2.29. The molecule has 12 heterocycles. The van der Waals surface area contributed by atoms with Crippen molar-refractivity contribution >= 4 is 101 Å². The van der Waals surface area contributed by atoms with Gasteiger partial charge in [-0.2, -0.15) is 9.49 Å². The summed E-state index contributed by atoms with van der Waals surface area (Å²) in [5.41, 5.74) is 7.34. The number of ketones is 2. The van der Waals surface area contributed by atoms with Crippen molar-refractivity contribution < 1.29 is 82.7 Å². The number of fused-ring (bicyclic) bond motifs is 4. The van der Waals surface area contributed by atoms with Crippen LogP contribution in [-0.4, -0.2) is 192 Å². The minimum atomic E-state index is -1.65. The lowest BCUT2D eigenvalue weighted by Gasteiger charge is -2.29. The SMILES string of the molecule is O=C(c1ccc(F)c(-c2ncnc3cc(N4CCOCC4)ccc23)c1)c1c(F)cncc1F.O=C(c1ccc(F)c(-c2ncnc3cc(N4CCOCC4)ccc23)c1)c1cnnc(F)c1Cl.OC(c1ccc(F)c(-c2ncnc3cc(N4CCOCC4)ccc23)c1)c1c(F)cncc1F.OC(c1ccc(F)c(-c2ncnc3cc(N4CCOCC4)ccc23)c1)c1cncc(F)c1Cl. The van der Waals surface area contributed by atoms with E-state index in [2.05, 4.69) is 84.6 Å². The van der Waals surface area contributed by atoms with Gasteiger partial charge < -0.3 is 48.8 Å². The number of aromatic nitrogens is 13. The molecule has 0 aliphatic carbocycles. The topological polar surface area (TPSA) is 292 Å². The molecule has 0 radical (unpaired) electrons. The van der Waals surface area contributed by atoms with Crippen LogP contribution in [0.5, 0.6) is 0 Å². The van der Waals surface area contributed by atoms with Crippen LogP contribution in [0.2, 0.25) is 10.0 Å². The van der Waals surface area contributed by atoms with E-state index >= 15 is 0 Å². The average molecular weight is 1840 g/mol. The van der Waals surface area contributed by atoms with E-state index in [0.29, 0.717) is 119 Å². The van der Waals surface area contributed by atoms with Crippen LogP contribution in [-0.2, 0) is 18.9 Å². The number of rotatable bonds is 16. The number of halogens is 12. The molecule has 0 saturated carbocycles. The van der Waals surface area contributed by atoms with E-state index in [1.165, 1.54) is 86.1 Å². The smallest absolute Gasteiger partial charge is 0.252 e. The van der Waals surface area contributed by atoms with Crippen molar-refractivity contribution in [3.05, 3.63) is 327 Å². The molecule has 20 rings (SSSR count). The molecule has 8 aromatic heterocycles. The Morgan fingerprint density at radius 3 is 1.04 bits per heavy atom. The Morgan fingerprint density at radius 2 is 0.659 bits per heavy atom. The summed E-state index contributed by atoms with van der Waals surface area (Å²) in [7, 11) is 0. The highest BCUT2D eigenvalue weighted by Crippen LogP contribution is 2.40. The molecule has 16 aromatic rings. The van der Waals surface area contributed by atoms with Gasteiger partial charge in [0.15, 0.2) is 40.7 Å². The summed E-state index contributed by atoms with van der Waals surface area (Å²) in [4.78, 5) is 79.5. The molecule has 4 aliphatic heterocycles. The first-order chi connectivity index (χ1) is 64.1. The Hall–Kier alpha value is -14.2. The molecule has 2 unspecified atom stereocenters. The quantitative estimate of drug-likeness (QED) is 0.0671. The van der Waals surface area contributed by atoms with Crippen molar-refractivity contribution in [2.75, 3.05) is 125 Å². The van der Waals surface area contributed by atoms with E-state index in [0.717, 1.165) is 130 Å². The zero-order valence-electron chi connectivity index (χ0n) is 69.2. The first kappa shape index (κ1) is 89.8. The van der Waals surface area contributed by atoms with E-state index in [-0.39, 0.29) is 60.8 Å². The molecule has 4 aliphatic rings. The molecular weight excluding hydrogens is 1770 g/mol. The van der Waals surface area contributed by atoms with Crippen molar-refractivity contribution in [2.24, 2.45) is 0 Å². The van der Waals surface area contributed by atoms with Crippen molar-refractivity contribution in [1.82, 2.24) is 65.0 Å². The molecule has 2 N–H and O–H groups in total. The van der Waals surface area contributed by atoms with Crippen LogP contribution < -0.4 is 19.6 Å². The highest BCUT2D eigenvalue weighted by atomic mass is 35.5. The van der Waals surface area contributed by atoms with Crippen LogP contribution in [0.1, 0.15) is 66.3 Å². The Labute approximate surface area is 754 Å². The van der Waals surface area contributed by atoms with Crippen LogP contribution >= 0.6 is 23.2 Å². The lowest BCUT2D eigenvalue weighted by molar-refractivity contribution is 0.102. The van der Waals surface area contributed by atoms with Gasteiger partial charge in [-0.3, -0.25) is 24.5 Å². The molecule has 2 atom stereocenters. The molecule has 8 aromatic carbocycles. The predicted molar refractivity (Wildman–Crippen MR) is 471 cm³/mol. The van der Waals surface area contributed by atoms with Gasteiger partial charge in [0.05, 0.1) is 157 Å². The number of hydrogen-bond donors (Lipinski definition) is 2. The van der Waals surface area contributed by atoms with Gasteiger partial charge in [0.2, 0.25) is 0 Å². The fourth-order valence-electron chi connectivity index (χ4n) is 15.7. The number of nitrogens with zero attached hydrogens (tertiary/aromatic N) is 17. The largest absolute Gasteiger partial charge is 0.384 e. The van der Waals surface area contributed by atoms with Gasteiger partial charge in [0.1, 0.15) is 65.8 Å². The van der Waals surface area contributed by atoms with E-state index in [1.54, 1.807) is 6.07 Å². The summed E-state index contributed by atoms with van der Waals surface area (Å²) in [6.07, 6.45) is 8.92. The molecule has 0 bridgehead atoms. The molecule has 4 saturated heterocycles. The third-order valence-electron chi connectivity index (χ3n) is 22.5. The predicted octanol–water partition coefficient (Wildman–Crippen LogP) is 16.8. The third kappa shape index (κ3) is 19.2. The van der Waals surface area contributed by atoms with Gasteiger partial charge in [-0.15, -0.1) is 5.10 Å². The second-order valence-corrected chi connectivity index (χ2v) is 31.1. The Balaban J connectivity index is 0.000000123. The standard InChI is InChI=1S/C24H19ClF2N4O2.C24H19F3N4O2.C24H17F3N4O2.C23H16ClF2N5O2/c25-22-18(11-28-12-20(22)27)24(32)14-1-4-19(26)17(9-14)23-16-3-2-15(10-21(16)29-13-30-23)31-5-7-33-8-6-31;2*25-18-4-1-14(24(32)22-19(26)11-28-12-20(22)27)9-17(18)23-16-3-2-15(10-21(16)29-13-30-23)31-5-7-33-8-6-31;24-20-17(11-29-30-23(20)26)22(32)13-1-4-18(25)16(9-13)21-15-3-2-14(10-19(15)27-12-28-21)31-5-7-33-8-6-31/h2*1-4,9-13,24,32H,5-8H2;1-4,9-13H,5-8H2;1-4,9-12H,5-8H2. The van der Waals surface area contributed by atoms with Gasteiger partial charge in [-0.1, -0.05) is 35.3 Å². The van der Waals surface area contributed by atoms with Gasteiger partial charge in [0, 0.05) is 142 Å². The first-order valence-electron chi connectivity index (χ1n) is 41.1. The normalized spacial score (nSPS) is 14.5. The number of anilines is 4. The van der Waals surface area contributed by atoms with Gasteiger partial charge in [0.25, 0.3) is 5.95 Å². The summed E-state index contributed by atoms with van der Waals surface area (Å²) >= 11 is 11.9. The molecule has 0 spiro atoms. The maximum absolute atomic E-state index is 14.9. The number of carbonyl (C=O) groups is 2. The first-order valence-corrected chi connectivity index (χ1v) is 41.8. The maximum atomic E-state index is 14.9. The van der Waals surface area contributed by atoms with Crippen LogP contribution in [0, 0.1) is 58.3 Å². The number of pyridine rings is 3. The lowest BCUT2D eigenvalue weighted by atomic mass is 9.97. The van der Waals surface area contributed by atoms with E-state index in [1.807, 2.05) is 66.7 Å². The highest BCUT2D eigenvalue weighted by molar-refractivity contribution is 6.35. The third-order valence-corrected chi connectivity index (χ3v) is 23.2. The van der Waals surface area contributed by atoms with Gasteiger partial charge in [-0.05, 0) is 145 Å². The number of hydrogen-bond acceptors (Lipinski definition) is 25. The number of aliphatic hydroxyl groups excluding tert-OH is 2. The molecule has 37 heteroatoms. The Bertz CT molecular complexity index is 7030. The molecule has 668 valence electrons. The summed E-state index contributed by atoms with van der Waals surface area (Å²) in [6, 6.07) is 37.9. The van der Waals surface area contributed by atoms with Crippen LogP contribution in [0.25, 0.3) is 88.6 Å². The lowest BCUT2D eigenvalue weighted by Crippen LogP contribution is -2.36.